The lowest BCUT2D eigenvalue weighted by Crippen LogP contribution is -2.57. The molecule has 0 radical (unpaired) electrons. The van der Waals surface area contributed by atoms with E-state index in [9.17, 15) is 0 Å². The van der Waals surface area contributed by atoms with Gasteiger partial charge in [0.05, 0.1) is 6.61 Å². The summed E-state index contributed by atoms with van der Waals surface area (Å²) in [6.45, 7) is 11.1. The average molecular weight is 214 g/mol. The molecule has 0 spiro atoms. The molecule has 3 nitrogen and oxygen atoms in total. The van der Waals surface area contributed by atoms with Crippen LogP contribution in [0.1, 0.15) is 27.2 Å². The number of ether oxygens (including phenoxy) is 1. The summed E-state index contributed by atoms with van der Waals surface area (Å²) in [6.07, 6.45) is 1.25. The Morgan fingerprint density at radius 2 is 2.20 bits per heavy atom. The van der Waals surface area contributed by atoms with Gasteiger partial charge in [-0.15, -0.1) is 0 Å². The van der Waals surface area contributed by atoms with Crippen LogP contribution in [0.15, 0.2) is 0 Å². The van der Waals surface area contributed by atoms with Crippen molar-refractivity contribution in [2.75, 3.05) is 33.4 Å². The first-order valence-corrected chi connectivity index (χ1v) is 6.16. The van der Waals surface area contributed by atoms with Crippen molar-refractivity contribution in [1.82, 2.24) is 10.2 Å². The van der Waals surface area contributed by atoms with Gasteiger partial charge in [0, 0.05) is 38.8 Å². The zero-order valence-corrected chi connectivity index (χ0v) is 10.6. The van der Waals surface area contributed by atoms with Gasteiger partial charge in [-0.05, 0) is 12.8 Å². The molecule has 1 N–H and O–H groups in total. The van der Waals surface area contributed by atoms with E-state index >= 15 is 0 Å². The van der Waals surface area contributed by atoms with Crippen LogP contribution < -0.4 is 5.32 Å². The molecule has 0 aliphatic carbocycles. The number of methoxy groups -OCH3 is 1. The lowest BCUT2D eigenvalue weighted by molar-refractivity contribution is 0.0348. The van der Waals surface area contributed by atoms with Crippen molar-refractivity contribution in [2.45, 2.75) is 39.3 Å². The Bertz CT molecular complexity index is 175. The lowest BCUT2D eigenvalue weighted by atomic mass is 9.95. The second kappa shape index (κ2) is 6.46. The number of nitrogens with one attached hydrogen (secondary N) is 1. The van der Waals surface area contributed by atoms with E-state index in [0.717, 1.165) is 32.2 Å². The fraction of sp³-hybridized carbons (Fsp3) is 1.00. The molecule has 90 valence electrons. The summed E-state index contributed by atoms with van der Waals surface area (Å²) in [4.78, 5) is 2.61. The maximum absolute atomic E-state index is 5.26. The van der Waals surface area contributed by atoms with Crippen molar-refractivity contribution in [3.63, 3.8) is 0 Å². The standard InChI is InChI=1S/C12H26N2O/c1-5-10(2)12-8-13-6-7-14(12)11(3)9-15-4/h10-13H,5-9H2,1-4H3. The molecule has 1 saturated heterocycles. The van der Waals surface area contributed by atoms with E-state index in [4.69, 9.17) is 4.74 Å². The van der Waals surface area contributed by atoms with E-state index in [1.54, 1.807) is 7.11 Å². The highest BCUT2D eigenvalue weighted by Crippen LogP contribution is 2.18. The highest BCUT2D eigenvalue weighted by atomic mass is 16.5. The molecule has 1 aliphatic rings. The first-order chi connectivity index (χ1) is 7.20. The van der Waals surface area contributed by atoms with Crippen LogP contribution in [0.25, 0.3) is 0 Å². The molecule has 0 aromatic rings. The smallest absolute Gasteiger partial charge is 0.0615 e. The van der Waals surface area contributed by atoms with Gasteiger partial charge in [0.25, 0.3) is 0 Å². The van der Waals surface area contributed by atoms with Crippen molar-refractivity contribution in [1.29, 1.82) is 0 Å². The predicted octanol–water partition coefficient (Wildman–Crippen LogP) is 1.34. The van der Waals surface area contributed by atoms with Crippen molar-refractivity contribution in [3.05, 3.63) is 0 Å². The van der Waals surface area contributed by atoms with Crippen molar-refractivity contribution >= 4 is 0 Å². The molecule has 0 aromatic carbocycles. The van der Waals surface area contributed by atoms with Crippen LogP contribution in [0.4, 0.5) is 0 Å². The van der Waals surface area contributed by atoms with E-state index in [2.05, 4.69) is 31.0 Å². The van der Waals surface area contributed by atoms with E-state index in [1.165, 1.54) is 6.42 Å². The van der Waals surface area contributed by atoms with E-state index < -0.39 is 0 Å². The molecule has 0 aromatic heterocycles. The molecule has 1 rings (SSSR count). The van der Waals surface area contributed by atoms with Crippen LogP contribution in [-0.4, -0.2) is 50.3 Å². The number of nitrogens with zero attached hydrogens (tertiary/aromatic N) is 1. The van der Waals surface area contributed by atoms with Gasteiger partial charge in [0.15, 0.2) is 0 Å². The lowest BCUT2D eigenvalue weighted by Gasteiger charge is -2.42. The minimum absolute atomic E-state index is 0.538. The van der Waals surface area contributed by atoms with Gasteiger partial charge < -0.3 is 10.1 Å². The summed E-state index contributed by atoms with van der Waals surface area (Å²) >= 11 is 0. The monoisotopic (exact) mass is 214 g/mol. The van der Waals surface area contributed by atoms with Crippen molar-refractivity contribution < 1.29 is 4.74 Å². The average Bonchev–Trinajstić information content (AvgIpc) is 2.28. The van der Waals surface area contributed by atoms with Crippen LogP contribution >= 0.6 is 0 Å². The van der Waals surface area contributed by atoms with Gasteiger partial charge in [-0.3, -0.25) is 4.90 Å². The Labute approximate surface area is 94.2 Å². The fourth-order valence-corrected chi connectivity index (χ4v) is 2.43. The third-order valence-electron chi connectivity index (χ3n) is 3.60. The summed E-state index contributed by atoms with van der Waals surface area (Å²) in [7, 11) is 1.79. The molecular weight excluding hydrogens is 188 g/mol. The van der Waals surface area contributed by atoms with Gasteiger partial charge in [0.1, 0.15) is 0 Å². The molecule has 1 heterocycles. The Morgan fingerprint density at radius 1 is 1.47 bits per heavy atom. The predicted molar refractivity (Wildman–Crippen MR) is 64.2 cm³/mol. The van der Waals surface area contributed by atoms with Crippen LogP contribution in [0.5, 0.6) is 0 Å². The summed E-state index contributed by atoms with van der Waals surface area (Å²) < 4.78 is 5.26. The Balaban J connectivity index is 2.56. The van der Waals surface area contributed by atoms with Crippen LogP contribution in [0, 0.1) is 5.92 Å². The van der Waals surface area contributed by atoms with Gasteiger partial charge >= 0.3 is 0 Å². The van der Waals surface area contributed by atoms with Crippen molar-refractivity contribution in [2.24, 2.45) is 5.92 Å². The molecule has 0 saturated carbocycles. The molecule has 15 heavy (non-hydrogen) atoms. The molecule has 0 amide bonds. The van der Waals surface area contributed by atoms with Crippen molar-refractivity contribution in [3.8, 4) is 0 Å². The third kappa shape index (κ3) is 3.44. The molecule has 0 bridgehead atoms. The summed E-state index contributed by atoms with van der Waals surface area (Å²) in [5.41, 5.74) is 0. The number of hydrogen-bond donors (Lipinski definition) is 1. The molecule has 3 heteroatoms. The summed E-state index contributed by atoms with van der Waals surface area (Å²) in [6, 6.07) is 1.21. The van der Waals surface area contributed by atoms with Gasteiger partial charge in [0.2, 0.25) is 0 Å². The Morgan fingerprint density at radius 3 is 2.80 bits per heavy atom. The third-order valence-corrected chi connectivity index (χ3v) is 3.60. The van der Waals surface area contributed by atoms with E-state index in [0.29, 0.717) is 12.1 Å². The van der Waals surface area contributed by atoms with E-state index in [1.807, 2.05) is 0 Å². The minimum Gasteiger partial charge on any atom is -0.383 e. The zero-order chi connectivity index (χ0) is 11.3. The zero-order valence-electron chi connectivity index (χ0n) is 10.6. The molecule has 1 aliphatic heterocycles. The maximum Gasteiger partial charge on any atom is 0.0615 e. The molecule has 3 atom stereocenters. The van der Waals surface area contributed by atoms with Crippen LogP contribution in [0.2, 0.25) is 0 Å². The second-order valence-electron chi connectivity index (χ2n) is 4.70. The van der Waals surface area contributed by atoms with Gasteiger partial charge in [-0.2, -0.15) is 0 Å². The summed E-state index contributed by atoms with van der Waals surface area (Å²) in [5.74, 6) is 0.761. The number of rotatable bonds is 5. The Hall–Kier alpha value is -0.120. The molecule has 1 fully saturated rings. The van der Waals surface area contributed by atoms with Crippen LogP contribution in [-0.2, 0) is 4.74 Å². The number of piperazine rings is 1. The molecular formula is C12H26N2O. The largest absolute Gasteiger partial charge is 0.383 e. The topological polar surface area (TPSA) is 24.5 Å². The van der Waals surface area contributed by atoms with Gasteiger partial charge in [-0.1, -0.05) is 20.3 Å². The summed E-state index contributed by atoms with van der Waals surface area (Å²) in [5, 5.41) is 3.49. The maximum atomic E-state index is 5.26. The Kier molecular flexibility index (Phi) is 5.58. The first kappa shape index (κ1) is 12.9. The SMILES string of the molecule is CCC(C)C1CNCCN1C(C)COC. The highest BCUT2D eigenvalue weighted by Gasteiger charge is 2.29. The first-order valence-electron chi connectivity index (χ1n) is 6.16. The normalized spacial score (nSPS) is 27.6. The quantitative estimate of drug-likeness (QED) is 0.747. The van der Waals surface area contributed by atoms with Crippen LogP contribution in [0.3, 0.4) is 0 Å². The number of hydrogen-bond acceptors (Lipinski definition) is 3. The fourth-order valence-electron chi connectivity index (χ4n) is 2.43. The van der Waals surface area contributed by atoms with Gasteiger partial charge in [-0.25, -0.2) is 0 Å². The second-order valence-corrected chi connectivity index (χ2v) is 4.70. The van der Waals surface area contributed by atoms with E-state index in [-0.39, 0.29) is 0 Å². The molecule has 3 unspecified atom stereocenters. The minimum atomic E-state index is 0.538. The highest BCUT2D eigenvalue weighted by molar-refractivity contribution is 4.86.